The summed E-state index contributed by atoms with van der Waals surface area (Å²) in [6.45, 7) is 8.84. The van der Waals surface area contributed by atoms with Crippen LogP contribution in [0.25, 0.3) is 0 Å². The van der Waals surface area contributed by atoms with E-state index in [9.17, 15) is 5.11 Å². The van der Waals surface area contributed by atoms with Crippen LogP contribution in [-0.2, 0) is 5.11 Å². The molecule has 1 radical (unpaired) electrons. The molecule has 0 bridgehead atoms. The number of hydrogen-bond acceptors (Lipinski definition) is 0. The predicted molar refractivity (Wildman–Crippen MR) is 48.0 cm³/mol. The Morgan fingerprint density at radius 3 is 1.82 bits per heavy atom. The molecule has 0 saturated carbocycles. The van der Waals surface area contributed by atoms with E-state index >= 15 is 0 Å². The van der Waals surface area contributed by atoms with Gasteiger partial charge < -0.3 is 0 Å². The molecule has 1 heteroatoms. The Labute approximate surface area is 70.8 Å². The van der Waals surface area contributed by atoms with E-state index in [0.717, 1.165) is 18.3 Å². The highest BCUT2D eigenvalue weighted by atomic mass is 16.3. The molecule has 0 saturated heterocycles. The first kappa shape index (κ1) is 11.0. The molecule has 0 fully saturated rings. The first-order valence-electron chi connectivity index (χ1n) is 4.64. The molecule has 0 aliphatic heterocycles. The molecule has 0 amide bonds. The van der Waals surface area contributed by atoms with Gasteiger partial charge in [0.15, 0.2) is 0 Å². The summed E-state index contributed by atoms with van der Waals surface area (Å²) in [5.41, 5.74) is 0. The zero-order valence-electron chi connectivity index (χ0n) is 8.26. The molecule has 0 aliphatic rings. The molecular formula is C10H21O. The molecule has 0 rings (SSSR count). The zero-order chi connectivity index (χ0) is 8.85. The summed E-state index contributed by atoms with van der Waals surface area (Å²) in [4.78, 5) is 0. The smallest absolute Gasteiger partial charge is 0.0847 e. The van der Waals surface area contributed by atoms with Crippen LogP contribution in [0.1, 0.15) is 40.5 Å². The van der Waals surface area contributed by atoms with Gasteiger partial charge in [-0.2, -0.15) is 0 Å². The van der Waals surface area contributed by atoms with E-state index in [2.05, 4.69) is 20.8 Å². The molecule has 67 valence electrons. The molecule has 11 heavy (non-hydrogen) atoms. The van der Waals surface area contributed by atoms with E-state index < -0.39 is 0 Å². The van der Waals surface area contributed by atoms with Crippen molar-refractivity contribution in [2.75, 3.05) is 6.61 Å². The molecule has 0 aromatic carbocycles. The second-order valence-corrected chi connectivity index (χ2v) is 4.24. The summed E-state index contributed by atoms with van der Waals surface area (Å²) in [5, 5.41) is 10.5. The van der Waals surface area contributed by atoms with Crippen molar-refractivity contribution in [2.24, 2.45) is 17.8 Å². The Morgan fingerprint density at radius 1 is 0.909 bits per heavy atom. The lowest BCUT2D eigenvalue weighted by atomic mass is 9.91. The fraction of sp³-hybridized carbons (Fsp3) is 1.00. The predicted octanol–water partition coefficient (Wildman–Crippen LogP) is 3.13. The van der Waals surface area contributed by atoms with Gasteiger partial charge in [-0.25, -0.2) is 5.11 Å². The summed E-state index contributed by atoms with van der Waals surface area (Å²) < 4.78 is 0. The highest BCUT2D eigenvalue weighted by Crippen LogP contribution is 2.18. The van der Waals surface area contributed by atoms with Crippen LogP contribution in [0.2, 0.25) is 0 Å². The summed E-state index contributed by atoms with van der Waals surface area (Å²) in [7, 11) is 0. The monoisotopic (exact) mass is 157 g/mol. The average Bonchev–Trinajstić information content (AvgIpc) is 1.85. The highest BCUT2D eigenvalue weighted by Gasteiger charge is 2.09. The highest BCUT2D eigenvalue weighted by molar-refractivity contribution is 4.60. The Bertz CT molecular complexity index is 88.9. The van der Waals surface area contributed by atoms with Gasteiger partial charge in [0.1, 0.15) is 0 Å². The van der Waals surface area contributed by atoms with Crippen LogP contribution >= 0.6 is 0 Å². The first-order valence-corrected chi connectivity index (χ1v) is 4.64. The molecule has 0 N–H and O–H groups in total. The van der Waals surface area contributed by atoms with Gasteiger partial charge in [-0.05, 0) is 30.6 Å². The largest absolute Gasteiger partial charge is 0.236 e. The van der Waals surface area contributed by atoms with Crippen LogP contribution in [-0.4, -0.2) is 6.61 Å². The Kier molecular flexibility index (Phi) is 5.57. The molecule has 0 aromatic rings. The summed E-state index contributed by atoms with van der Waals surface area (Å²) in [6.07, 6.45) is 2.35. The van der Waals surface area contributed by atoms with Gasteiger partial charge in [-0.15, -0.1) is 0 Å². The molecule has 1 nitrogen and oxygen atoms in total. The lowest BCUT2D eigenvalue weighted by Gasteiger charge is -2.16. The lowest BCUT2D eigenvalue weighted by Crippen LogP contribution is -2.08. The fourth-order valence-electron chi connectivity index (χ4n) is 1.66. The van der Waals surface area contributed by atoms with E-state index in [4.69, 9.17) is 0 Å². The number of rotatable bonds is 5. The SMILES string of the molecule is CC(C)CC(C)CC(C)C[O]. The fourth-order valence-corrected chi connectivity index (χ4v) is 1.66. The van der Waals surface area contributed by atoms with Crippen molar-refractivity contribution in [3.05, 3.63) is 0 Å². The van der Waals surface area contributed by atoms with Crippen molar-refractivity contribution in [1.82, 2.24) is 0 Å². The molecule has 0 aliphatic carbocycles. The quantitative estimate of drug-likeness (QED) is 0.584. The second kappa shape index (κ2) is 5.59. The van der Waals surface area contributed by atoms with Crippen molar-refractivity contribution in [3.8, 4) is 0 Å². The van der Waals surface area contributed by atoms with E-state index in [-0.39, 0.29) is 6.61 Å². The maximum Gasteiger partial charge on any atom is 0.0847 e. The van der Waals surface area contributed by atoms with Gasteiger partial charge in [0.2, 0.25) is 0 Å². The van der Waals surface area contributed by atoms with Crippen LogP contribution in [0.4, 0.5) is 0 Å². The van der Waals surface area contributed by atoms with Gasteiger partial charge in [-0.3, -0.25) is 0 Å². The Morgan fingerprint density at radius 2 is 1.45 bits per heavy atom. The molecule has 0 aromatic heterocycles. The van der Waals surface area contributed by atoms with Crippen molar-refractivity contribution >= 4 is 0 Å². The van der Waals surface area contributed by atoms with Crippen molar-refractivity contribution in [2.45, 2.75) is 40.5 Å². The average molecular weight is 157 g/mol. The van der Waals surface area contributed by atoms with Gasteiger partial charge in [-0.1, -0.05) is 27.7 Å². The van der Waals surface area contributed by atoms with Crippen LogP contribution in [0.15, 0.2) is 0 Å². The Balaban J connectivity index is 3.43. The number of hydrogen-bond donors (Lipinski definition) is 0. The topological polar surface area (TPSA) is 19.9 Å². The standard InChI is InChI=1S/C10H21O/c1-8(2)5-9(3)6-10(4)7-11/h8-10H,5-7H2,1-4H3. The van der Waals surface area contributed by atoms with Crippen LogP contribution in [0.3, 0.4) is 0 Å². The van der Waals surface area contributed by atoms with E-state index in [0.29, 0.717) is 5.92 Å². The minimum absolute atomic E-state index is 0.0857. The zero-order valence-corrected chi connectivity index (χ0v) is 8.26. The van der Waals surface area contributed by atoms with Gasteiger partial charge in [0.25, 0.3) is 0 Å². The Hall–Kier alpha value is -0.0400. The summed E-state index contributed by atoms with van der Waals surface area (Å²) in [6, 6.07) is 0. The maximum absolute atomic E-state index is 10.5. The van der Waals surface area contributed by atoms with Gasteiger partial charge in [0, 0.05) is 0 Å². The van der Waals surface area contributed by atoms with Crippen LogP contribution in [0.5, 0.6) is 0 Å². The minimum Gasteiger partial charge on any atom is -0.236 e. The molecule has 2 unspecified atom stereocenters. The van der Waals surface area contributed by atoms with Crippen molar-refractivity contribution < 1.29 is 5.11 Å². The maximum atomic E-state index is 10.5. The van der Waals surface area contributed by atoms with E-state index in [1.807, 2.05) is 6.92 Å². The minimum atomic E-state index is 0.0857. The molecule has 0 heterocycles. The second-order valence-electron chi connectivity index (χ2n) is 4.24. The molecule has 0 spiro atoms. The first-order chi connectivity index (χ1) is 5.06. The normalized spacial score (nSPS) is 16.9. The van der Waals surface area contributed by atoms with Gasteiger partial charge >= 0.3 is 0 Å². The van der Waals surface area contributed by atoms with Crippen LogP contribution < -0.4 is 0 Å². The lowest BCUT2D eigenvalue weighted by molar-refractivity contribution is 0.136. The van der Waals surface area contributed by atoms with Crippen molar-refractivity contribution in [3.63, 3.8) is 0 Å². The summed E-state index contributed by atoms with van der Waals surface area (Å²) in [5.74, 6) is 1.85. The van der Waals surface area contributed by atoms with E-state index in [1.165, 1.54) is 6.42 Å². The summed E-state index contributed by atoms with van der Waals surface area (Å²) >= 11 is 0. The van der Waals surface area contributed by atoms with Gasteiger partial charge in [0.05, 0.1) is 6.61 Å². The van der Waals surface area contributed by atoms with E-state index in [1.54, 1.807) is 0 Å². The van der Waals surface area contributed by atoms with Crippen molar-refractivity contribution in [1.29, 1.82) is 0 Å². The third-order valence-corrected chi connectivity index (χ3v) is 1.96. The molecular weight excluding hydrogens is 136 g/mol. The third-order valence-electron chi connectivity index (χ3n) is 1.96. The van der Waals surface area contributed by atoms with Crippen LogP contribution in [0, 0.1) is 17.8 Å². The third kappa shape index (κ3) is 6.36. The molecule has 2 atom stereocenters.